The summed E-state index contributed by atoms with van der Waals surface area (Å²) in [6, 6.07) is 12.1. The number of hydrogen-bond acceptors (Lipinski definition) is 3. The van der Waals surface area contributed by atoms with Gasteiger partial charge in [0.05, 0.1) is 0 Å². The maximum absolute atomic E-state index is 10.8. The Balaban J connectivity index is 1.50. The molecule has 0 aliphatic heterocycles. The fraction of sp³-hybridized carbons (Fsp3) is 0.267. The van der Waals surface area contributed by atoms with Crippen molar-refractivity contribution in [1.29, 1.82) is 0 Å². The van der Waals surface area contributed by atoms with Crippen molar-refractivity contribution in [3.8, 4) is 0 Å². The molecule has 1 aliphatic carbocycles. The van der Waals surface area contributed by atoms with Crippen LogP contribution < -0.4 is 5.32 Å². The molecule has 1 aromatic carbocycles. The smallest absolute Gasteiger partial charge is 0.345 e. The minimum absolute atomic E-state index is 0.408. The largest absolute Gasteiger partial charge is 0.477 e. The Morgan fingerprint density at radius 1 is 1.32 bits per heavy atom. The highest BCUT2D eigenvalue weighted by Gasteiger charge is 2.24. The molecule has 0 fully saturated rings. The maximum atomic E-state index is 10.8. The van der Waals surface area contributed by atoms with Crippen molar-refractivity contribution in [2.45, 2.75) is 18.9 Å². The zero-order valence-corrected chi connectivity index (χ0v) is 11.2. The second-order valence-corrected chi connectivity index (χ2v) is 5.97. The van der Waals surface area contributed by atoms with Crippen molar-refractivity contribution in [2.75, 3.05) is 6.54 Å². The van der Waals surface area contributed by atoms with Gasteiger partial charge in [0.2, 0.25) is 0 Å². The summed E-state index contributed by atoms with van der Waals surface area (Å²) in [5.41, 5.74) is 2.91. The van der Waals surface area contributed by atoms with E-state index < -0.39 is 5.97 Å². The number of fused-ring (bicyclic) bond motifs is 1. The number of aromatic carboxylic acids is 1. The van der Waals surface area contributed by atoms with E-state index in [1.165, 1.54) is 22.5 Å². The van der Waals surface area contributed by atoms with Gasteiger partial charge in [0.25, 0.3) is 0 Å². The van der Waals surface area contributed by atoms with Gasteiger partial charge in [-0.1, -0.05) is 24.3 Å². The molecule has 2 aromatic rings. The van der Waals surface area contributed by atoms with Crippen LogP contribution in [0.5, 0.6) is 0 Å². The lowest BCUT2D eigenvalue weighted by molar-refractivity contribution is 0.0702. The van der Waals surface area contributed by atoms with Gasteiger partial charge in [0.1, 0.15) is 4.88 Å². The third kappa shape index (κ3) is 2.55. The van der Waals surface area contributed by atoms with Gasteiger partial charge in [-0.3, -0.25) is 0 Å². The minimum Gasteiger partial charge on any atom is -0.477 e. The average molecular weight is 273 g/mol. The van der Waals surface area contributed by atoms with E-state index >= 15 is 0 Å². The lowest BCUT2D eigenvalue weighted by Crippen LogP contribution is -2.28. The Morgan fingerprint density at radius 2 is 2.16 bits per heavy atom. The van der Waals surface area contributed by atoms with Gasteiger partial charge < -0.3 is 10.4 Å². The van der Waals surface area contributed by atoms with Crippen molar-refractivity contribution in [3.63, 3.8) is 0 Å². The Morgan fingerprint density at radius 3 is 2.89 bits per heavy atom. The molecule has 3 rings (SSSR count). The molecule has 0 saturated heterocycles. The van der Waals surface area contributed by atoms with Crippen LogP contribution in [0.2, 0.25) is 0 Å². The van der Waals surface area contributed by atoms with Crippen molar-refractivity contribution in [1.82, 2.24) is 5.32 Å². The predicted molar refractivity (Wildman–Crippen MR) is 75.9 cm³/mol. The van der Waals surface area contributed by atoms with Crippen molar-refractivity contribution >= 4 is 17.3 Å². The first-order chi connectivity index (χ1) is 9.24. The van der Waals surface area contributed by atoms with E-state index in [1.807, 2.05) is 6.07 Å². The monoisotopic (exact) mass is 273 g/mol. The summed E-state index contributed by atoms with van der Waals surface area (Å²) < 4.78 is 0. The van der Waals surface area contributed by atoms with Gasteiger partial charge in [-0.25, -0.2) is 4.79 Å². The highest BCUT2D eigenvalue weighted by atomic mass is 32.1. The van der Waals surface area contributed by atoms with Crippen LogP contribution in [0.1, 0.15) is 31.6 Å². The van der Waals surface area contributed by atoms with E-state index in [0.717, 1.165) is 24.4 Å². The lowest BCUT2D eigenvalue weighted by Gasteiger charge is -2.30. The fourth-order valence-electron chi connectivity index (χ4n) is 2.50. The van der Waals surface area contributed by atoms with Gasteiger partial charge >= 0.3 is 5.97 Å². The SMILES string of the molecule is O=C(O)c1ccc(CNCC2Cc3ccccc32)s1. The number of hydrogen-bond donors (Lipinski definition) is 2. The molecular formula is C15H15NO2S. The lowest BCUT2D eigenvalue weighted by atomic mass is 9.77. The van der Waals surface area contributed by atoms with Crippen LogP contribution in [0.25, 0.3) is 0 Å². The van der Waals surface area contributed by atoms with Crippen LogP contribution in [0.15, 0.2) is 36.4 Å². The van der Waals surface area contributed by atoms with Crippen LogP contribution >= 0.6 is 11.3 Å². The molecule has 0 radical (unpaired) electrons. The minimum atomic E-state index is -0.843. The molecule has 0 bridgehead atoms. The predicted octanol–water partition coefficient (Wildman–Crippen LogP) is 2.88. The normalized spacial score (nSPS) is 16.7. The van der Waals surface area contributed by atoms with Gasteiger partial charge in [-0.05, 0) is 29.7 Å². The first-order valence-electron chi connectivity index (χ1n) is 6.34. The molecule has 0 amide bonds. The Kier molecular flexibility index (Phi) is 3.36. The summed E-state index contributed by atoms with van der Waals surface area (Å²) in [7, 11) is 0. The first kappa shape index (κ1) is 12.4. The van der Waals surface area contributed by atoms with Gasteiger partial charge in [0.15, 0.2) is 0 Å². The summed E-state index contributed by atoms with van der Waals surface area (Å²) in [6.07, 6.45) is 1.15. The highest BCUT2D eigenvalue weighted by molar-refractivity contribution is 7.13. The molecule has 1 unspecified atom stereocenters. The number of benzene rings is 1. The van der Waals surface area contributed by atoms with Crippen molar-refractivity contribution in [2.24, 2.45) is 0 Å². The average Bonchev–Trinajstić information content (AvgIpc) is 2.84. The van der Waals surface area contributed by atoms with Crippen molar-refractivity contribution in [3.05, 3.63) is 57.3 Å². The van der Waals surface area contributed by atoms with Crippen molar-refractivity contribution < 1.29 is 9.90 Å². The van der Waals surface area contributed by atoms with Gasteiger partial charge in [-0.2, -0.15) is 0 Å². The van der Waals surface area contributed by atoms with Crippen LogP contribution in [0, 0.1) is 0 Å². The van der Waals surface area contributed by atoms with Gasteiger partial charge in [0, 0.05) is 23.9 Å². The number of nitrogens with one attached hydrogen (secondary N) is 1. The van der Waals surface area contributed by atoms with E-state index in [2.05, 4.69) is 29.6 Å². The van der Waals surface area contributed by atoms with E-state index in [-0.39, 0.29) is 0 Å². The Labute approximate surface area is 115 Å². The van der Waals surface area contributed by atoms with E-state index in [0.29, 0.717) is 10.8 Å². The van der Waals surface area contributed by atoms with Crippen LogP contribution in [0.4, 0.5) is 0 Å². The third-order valence-electron chi connectivity index (χ3n) is 3.52. The molecule has 19 heavy (non-hydrogen) atoms. The summed E-state index contributed by atoms with van der Waals surface area (Å²) in [6.45, 7) is 1.70. The number of carbonyl (C=O) groups is 1. The summed E-state index contributed by atoms with van der Waals surface area (Å²) >= 11 is 1.34. The molecular weight excluding hydrogens is 258 g/mol. The van der Waals surface area contributed by atoms with Crippen LogP contribution in [-0.4, -0.2) is 17.6 Å². The molecule has 1 heterocycles. The molecule has 1 atom stereocenters. The van der Waals surface area contributed by atoms with E-state index in [4.69, 9.17) is 5.11 Å². The zero-order chi connectivity index (χ0) is 13.2. The molecule has 4 heteroatoms. The standard InChI is InChI=1S/C15H15NO2S/c17-15(18)14-6-5-12(19-14)9-16-8-11-7-10-3-1-2-4-13(10)11/h1-6,11,16H,7-9H2,(H,17,18). The fourth-order valence-corrected chi connectivity index (χ4v) is 3.32. The third-order valence-corrected chi connectivity index (χ3v) is 4.60. The molecule has 1 aromatic heterocycles. The second kappa shape index (κ2) is 5.15. The van der Waals surface area contributed by atoms with E-state index in [1.54, 1.807) is 6.07 Å². The number of thiophene rings is 1. The summed E-state index contributed by atoms with van der Waals surface area (Å²) in [5.74, 6) is -0.237. The highest BCUT2D eigenvalue weighted by Crippen LogP contribution is 2.34. The quantitative estimate of drug-likeness (QED) is 0.880. The molecule has 2 N–H and O–H groups in total. The summed E-state index contributed by atoms with van der Waals surface area (Å²) in [5, 5.41) is 12.3. The molecule has 1 aliphatic rings. The first-order valence-corrected chi connectivity index (χ1v) is 7.16. The Hall–Kier alpha value is -1.65. The van der Waals surface area contributed by atoms with E-state index in [9.17, 15) is 4.79 Å². The van der Waals surface area contributed by atoms with Gasteiger partial charge in [-0.15, -0.1) is 11.3 Å². The number of rotatable bonds is 5. The molecule has 0 saturated carbocycles. The molecule has 98 valence electrons. The second-order valence-electron chi connectivity index (χ2n) is 4.80. The topological polar surface area (TPSA) is 49.3 Å². The summed E-state index contributed by atoms with van der Waals surface area (Å²) in [4.78, 5) is 12.3. The zero-order valence-electron chi connectivity index (χ0n) is 10.4. The van der Waals surface area contributed by atoms with Crippen LogP contribution in [-0.2, 0) is 13.0 Å². The van der Waals surface area contributed by atoms with Crippen LogP contribution in [0.3, 0.4) is 0 Å². The number of carboxylic acid groups (broad SMARTS) is 1. The maximum Gasteiger partial charge on any atom is 0.345 e. The molecule has 0 spiro atoms. The number of carboxylic acids is 1. The molecule has 3 nitrogen and oxygen atoms in total. The Bertz CT molecular complexity index is 606.